The predicted molar refractivity (Wildman–Crippen MR) is 80.9 cm³/mol. The molecule has 0 spiro atoms. The summed E-state index contributed by atoms with van der Waals surface area (Å²) >= 11 is 3.41. The second-order valence-corrected chi connectivity index (χ2v) is 5.30. The lowest BCUT2D eigenvalue weighted by atomic mass is 10.1. The highest BCUT2D eigenvalue weighted by Gasteiger charge is 2.08. The van der Waals surface area contributed by atoms with Gasteiger partial charge >= 0.3 is 0 Å². The van der Waals surface area contributed by atoms with Crippen LogP contribution in [0.15, 0.2) is 46.9 Å². The van der Waals surface area contributed by atoms with Crippen LogP contribution in [0.2, 0.25) is 0 Å². The van der Waals surface area contributed by atoms with E-state index in [2.05, 4.69) is 21.2 Å². The van der Waals surface area contributed by atoms with Gasteiger partial charge in [-0.3, -0.25) is 4.79 Å². The second-order valence-electron chi connectivity index (χ2n) is 4.39. The maximum absolute atomic E-state index is 12.1. The molecule has 0 aliphatic carbocycles. The summed E-state index contributed by atoms with van der Waals surface area (Å²) in [6.45, 7) is 2.39. The molecule has 0 bridgehead atoms. The quantitative estimate of drug-likeness (QED) is 0.853. The van der Waals surface area contributed by atoms with Gasteiger partial charge in [0.15, 0.2) is 0 Å². The largest absolute Gasteiger partial charge is 0.399 e. The standard InChI is InChI=1S/C15H15BrN2O/c1-10-5-6-13(17)8-14(10)15(19)18-9-11-3-2-4-12(16)7-11/h2-8H,9,17H2,1H3,(H,18,19). The van der Waals surface area contributed by atoms with Crippen LogP contribution in [0.3, 0.4) is 0 Å². The van der Waals surface area contributed by atoms with Crippen molar-refractivity contribution in [3.8, 4) is 0 Å². The van der Waals surface area contributed by atoms with Crippen LogP contribution in [0.5, 0.6) is 0 Å². The summed E-state index contributed by atoms with van der Waals surface area (Å²) in [5.41, 5.74) is 8.89. The van der Waals surface area contributed by atoms with E-state index in [0.29, 0.717) is 17.8 Å². The molecule has 0 atom stereocenters. The number of anilines is 1. The van der Waals surface area contributed by atoms with Gasteiger partial charge in [0.2, 0.25) is 0 Å². The van der Waals surface area contributed by atoms with Crippen molar-refractivity contribution in [3.63, 3.8) is 0 Å². The highest BCUT2D eigenvalue weighted by molar-refractivity contribution is 9.10. The molecule has 0 aliphatic heterocycles. The van der Waals surface area contributed by atoms with Crippen LogP contribution >= 0.6 is 15.9 Å². The summed E-state index contributed by atoms with van der Waals surface area (Å²) in [5.74, 6) is -0.107. The van der Waals surface area contributed by atoms with Crippen LogP contribution in [-0.2, 0) is 6.54 Å². The highest BCUT2D eigenvalue weighted by atomic mass is 79.9. The molecule has 0 saturated carbocycles. The van der Waals surface area contributed by atoms with Gasteiger partial charge in [0, 0.05) is 22.3 Å². The molecule has 3 nitrogen and oxygen atoms in total. The lowest BCUT2D eigenvalue weighted by Gasteiger charge is -2.09. The molecule has 0 unspecified atom stereocenters. The fourth-order valence-corrected chi connectivity index (χ4v) is 2.26. The Bertz CT molecular complexity index is 611. The smallest absolute Gasteiger partial charge is 0.251 e. The number of hydrogen-bond acceptors (Lipinski definition) is 2. The Kier molecular flexibility index (Phi) is 4.22. The van der Waals surface area contributed by atoms with Gasteiger partial charge in [0.05, 0.1) is 0 Å². The summed E-state index contributed by atoms with van der Waals surface area (Å²) in [6, 6.07) is 13.2. The summed E-state index contributed by atoms with van der Waals surface area (Å²) in [5, 5.41) is 2.90. The molecule has 0 radical (unpaired) electrons. The van der Waals surface area contributed by atoms with Crippen molar-refractivity contribution in [2.75, 3.05) is 5.73 Å². The lowest BCUT2D eigenvalue weighted by molar-refractivity contribution is 0.0950. The van der Waals surface area contributed by atoms with E-state index >= 15 is 0 Å². The number of nitrogens with one attached hydrogen (secondary N) is 1. The number of nitrogens with two attached hydrogens (primary N) is 1. The fourth-order valence-electron chi connectivity index (χ4n) is 1.81. The van der Waals surface area contributed by atoms with Crippen LogP contribution in [0.4, 0.5) is 5.69 Å². The van der Waals surface area contributed by atoms with Crippen LogP contribution in [0.25, 0.3) is 0 Å². The predicted octanol–water partition coefficient (Wildman–Crippen LogP) is 3.27. The number of halogens is 1. The summed E-state index contributed by atoms with van der Waals surface area (Å²) in [4.78, 5) is 12.1. The van der Waals surface area contributed by atoms with Crippen molar-refractivity contribution in [2.24, 2.45) is 0 Å². The first-order valence-corrected chi connectivity index (χ1v) is 6.74. The molecule has 0 fully saturated rings. The van der Waals surface area contributed by atoms with E-state index in [4.69, 9.17) is 5.73 Å². The second kappa shape index (κ2) is 5.89. The first-order valence-electron chi connectivity index (χ1n) is 5.95. The topological polar surface area (TPSA) is 55.1 Å². The summed E-state index contributed by atoms with van der Waals surface area (Å²) in [7, 11) is 0. The van der Waals surface area contributed by atoms with E-state index in [9.17, 15) is 4.79 Å². The van der Waals surface area contributed by atoms with Crippen LogP contribution < -0.4 is 11.1 Å². The normalized spacial score (nSPS) is 10.2. The molecule has 0 heterocycles. The number of carbonyl (C=O) groups excluding carboxylic acids is 1. The van der Waals surface area contributed by atoms with Gasteiger partial charge in [0.1, 0.15) is 0 Å². The fraction of sp³-hybridized carbons (Fsp3) is 0.133. The Labute approximate surface area is 121 Å². The number of benzene rings is 2. The van der Waals surface area contributed by atoms with E-state index in [1.54, 1.807) is 12.1 Å². The lowest BCUT2D eigenvalue weighted by Crippen LogP contribution is -2.23. The van der Waals surface area contributed by atoms with Gasteiger partial charge in [-0.25, -0.2) is 0 Å². The van der Waals surface area contributed by atoms with Gasteiger partial charge in [-0.2, -0.15) is 0 Å². The molecule has 1 amide bonds. The van der Waals surface area contributed by atoms with Crippen LogP contribution in [0, 0.1) is 6.92 Å². The van der Waals surface area contributed by atoms with E-state index in [1.807, 2.05) is 37.3 Å². The third kappa shape index (κ3) is 3.58. The molecule has 0 saturated heterocycles. The third-order valence-corrected chi connectivity index (χ3v) is 3.34. The number of rotatable bonds is 3. The van der Waals surface area contributed by atoms with Crippen molar-refractivity contribution in [3.05, 3.63) is 63.6 Å². The molecule has 2 aromatic rings. The molecular weight excluding hydrogens is 304 g/mol. The molecule has 98 valence electrons. The average Bonchev–Trinajstić information content (AvgIpc) is 2.39. The van der Waals surface area contributed by atoms with Crippen molar-refractivity contribution >= 4 is 27.5 Å². The number of aryl methyl sites for hydroxylation is 1. The number of hydrogen-bond donors (Lipinski definition) is 2. The van der Waals surface area contributed by atoms with Crippen molar-refractivity contribution in [1.29, 1.82) is 0 Å². The highest BCUT2D eigenvalue weighted by Crippen LogP contribution is 2.14. The molecule has 4 heteroatoms. The van der Waals surface area contributed by atoms with Crippen molar-refractivity contribution in [1.82, 2.24) is 5.32 Å². The van der Waals surface area contributed by atoms with Gasteiger partial charge in [-0.15, -0.1) is 0 Å². The van der Waals surface area contributed by atoms with E-state index < -0.39 is 0 Å². The molecule has 2 rings (SSSR count). The zero-order valence-electron chi connectivity index (χ0n) is 10.6. The minimum absolute atomic E-state index is 0.107. The SMILES string of the molecule is Cc1ccc(N)cc1C(=O)NCc1cccc(Br)c1. The number of carbonyl (C=O) groups is 1. The van der Waals surface area contributed by atoms with E-state index in [1.165, 1.54) is 0 Å². The minimum Gasteiger partial charge on any atom is -0.399 e. The Morgan fingerprint density at radius 1 is 1.26 bits per heavy atom. The maximum Gasteiger partial charge on any atom is 0.251 e. The van der Waals surface area contributed by atoms with E-state index in [-0.39, 0.29) is 5.91 Å². The molecule has 0 aromatic heterocycles. The number of nitrogen functional groups attached to an aromatic ring is 1. The molecular formula is C15H15BrN2O. The summed E-state index contributed by atoms with van der Waals surface area (Å²) in [6.07, 6.45) is 0. The Morgan fingerprint density at radius 2 is 2.05 bits per heavy atom. The van der Waals surface area contributed by atoms with Gasteiger partial charge in [-0.05, 0) is 42.3 Å². The van der Waals surface area contributed by atoms with Gasteiger partial charge in [-0.1, -0.05) is 34.1 Å². The maximum atomic E-state index is 12.1. The van der Waals surface area contributed by atoms with Crippen molar-refractivity contribution in [2.45, 2.75) is 13.5 Å². The van der Waals surface area contributed by atoms with Crippen LogP contribution in [0.1, 0.15) is 21.5 Å². The molecule has 19 heavy (non-hydrogen) atoms. The zero-order chi connectivity index (χ0) is 13.8. The molecule has 0 aliphatic rings. The molecule has 3 N–H and O–H groups in total. The Hall–Kier alpha value is -1.81. The molecule has 2 aromatic carbocycles. The van der Waals surface area contributed by atoms with Crippen LogP contribution in [-0.4, -0.2) is 5.91 Å². The number of amides is 1. The first-order chi connectivity index (χ1) is 9.06. The average molecular weight is 319 g/mol. The van der Waals surface area contributed by atoms with Gasteiger partial charge in [0.25, 0.3) is 5.91 Å². The minimum atomic E-state index is -0.107. The summed E-state index contributed by atoms with van der Waals surface area (Å²) < 4.78 is 0.999. The van der Waals surface area contributed by atoms with Gasteiger partial charge < -0.3 is 11.1 Å². The Morgan fingerprint density at radius 3 is 2.79 bits per heavy atom. The third-order valence-electron chi connectivity index (χ3n) is 2.85. The van der Waals surface area contributed by atoms with E-state index in [0.717, 1.165) is 15.6 Å². The zero-order valence-corrected chi connectivity index (χ0v) is 12.2. The van der Waals surface area contributed by atoms with Crippen molar-refractivity contribution < 1.29 is 4.79 Å². The monoisotopic (exact) mass is 318 g/mol. The first kappa shape index (κ1) is 13.6. The Balaban J connectivity index is 2.07.